The highest BCUT2D eigenvalue weighted by Crippen LogP contribution is 2.25. The van der Waals surface area contributed by atoms with Crippen molar-refractivity contribution in [2.24, 2.45) is 4.99 Å². The molecule has 0 bridgehead atoms. The first-order chi connectivity index (χ1) is 15.5. The second kappa shape index (κ2) is 13.3. The number of aliphatic imine (C=N–C) groups is 1. The molecule has 1 unspecified atom stereocenters. The number of guanidine groups is 1. The van der Waals surface area contributed by atoms with Crippen molar-refractivity contribution in [3.05, 3.63) is 48.0 Å². The van der Waals surface area contributed by atoms with E-state index in [2.05, 4.69) is 25.3 Å². The summed E-state index contributed by atoms with van der Waals surface area (Å²) in [5.41, 5.74) is 1.64. The standard InChI is InChI=1S/C23H30F2N4O3.HI/c1-3-26-23(27-14-16-13-20(31-2)10-11-21(16)30)28-17-5-4-12-29(15-17)18-6-8-19(9-7-18)32-22(24)25;/h6-11,13,17,22,30H,3-5,12,14-15H2,1-2H3,(H2,26,27,28);1H. The number of anilines is 1. The van der Waals surface area contributed by atoms with Crippen LogP contribution in [0.1, 0.15) is 25.3 Å². The Morgan fingerprint density at radius 2 is 1.94 bits per heavy atom. The van der Waals surface area contributed by atoms with Crippen LogP contribution in [0.5, 0.6) is 17.2 Å². The molecular weight excluding hydrogens is 545 g/mol. The lowest BCUT2D eigenvalue weighted by Crippen LogP contribution is -2.51. The molecule has 182 valence electrons. The summed E-state index contributed by atoms with van der Waals surface area (Å²) in [6.07, 6.45) is 1.97. The van der Waals surface area contributed by atoms with E-state index in [-0.39, 0.29) is 41.5 Å². The van der Waals surface area contributed by atoms with E-state index in [1.165, 1.54) is 0 Å². The number of hydrogen-bond donors (Lipinski definition) is 3. The van der Waals surface area contributed by atoms with Gasteiger partial charge in [-0.3, -0.25) is 0 Å². The number of nitrogens with one attached hydrogen (secondary N) is 2. The Kier molecular flexibility index (Phi) is 10.8. The number of nitrogens with zero attached hydrogens (tertiary/aromatic N) is 2. The number of aromatic hydroxyl groups is 1. The predicted molar refractivity (Wildman–Crippen MR) is 136 cm³/mol. The van der Waals surface area contributed by atoms with Gasteiger partial charge in [-0.05, 0) is 62.2 Å². The van der Waals surface area contributed by atoms with Gasteiger partial charge in [-0.1, -0.05) is 0 Å². The fraction of sp³-hybridized carbons (Fsp3) is 0.435. The molecule has 2 aromatic rings. The molecule has 0 aromatic heterocycles. The average molecular weight is 576 g/mol. The number of methoxy groups -OCH3 is 1. The molecule has 1 heterocycles. The summed E-state index contributed by atoms with van der Waals surface area (Å²) < 4.78 is 34.4. The van der Waals surface area contributed by atoms with Crippen molar-refractivity contribution in [1.29, 1.82) is 0 Å². The molecule has 1 aliphatic heterocycles. The van der Waals surface area contributed by atoms with Gasteiger partial charge in [-0.15, -0.1) is 24.0 Å². The molecule has 33 heavy (non-hydrogen) atoms. The maximum atomic E-state index is 12.4. The summed E-state index contributed by atoms with van der Waals surface area (Å²) >= 11 is 0. The number of benzene rings is 2. The van der Waals surface area contributed by atoms with Gasteiger partial charge in [-0.2, -0.15) is 8.78 Å². The van der Waals surface area contributed by atoms with E-state index >= 15 is 0 Å². The van der Waals surface area contributed by atoms with E-state index in [1.807, 2.05) is 6.92 Å². The maximum absolute atomic E-state index is 12.4. The van der Waals surface area contributed by atoms with Gasteiger partial charge in [0.25, 0.3) is 0 Å². The Bertz CT molecular complexity index is 900. The Hall–Kier alpha value is -2.50. The van der Waals surface area contributed by atoms with Gasteiger partial charge in [0.05, 0.1) is 13.7 Å². The molecule has 1 fully saturated rings. The van der Waals surface area contributed by atoms with Gasteiger partial charge >= 0.3 is 6.61 Å². The molecule has 0 radical (unpaired) electrons. The molecule has 3 N–H and O–H groups in total. The Morgan fingerprint density at radius 3 is 2.61 bits per heavy atom. The maximum Gasteiger partial charge on any atom is 0.387 e. The van der Waals surface area contributed by atoms with E-state index in [4.69, 9.17) is 4.74 Å². The second-order valence-corrected chi connectivity index (χ2v) is 7.49. The monoisotopic (exact) mass is 576 g/mol. The minimum absolute atomic E-state index is 0. The molecule has 7 nitrogen and oxygen atoms in total. The highest BCUT2D eigenvalue weighted by molar-refractivity contribution is 14.0. The largest absolute Gasteiger partial charge is 0.508 e. The minimum atomic E-state index is -2.83. The van der Waals surface area contributed by atoms with Crippen molar-refractivity contribution in [2.45, 2.75) is 39.0 Å². The summed E-state index contributed by atoms with van der Waals surface area (Å²) in [4.78, 5) is 6.84. The molecule has 3 rings (SSSR count). The molecule has 0 amide bonds. The number of halogens is 3. The lowest BCUT2D eigenvalue weighted by molar-refractivity contribution is -0.0498. The van der Waals surface area contributed by atoms with Gasteiger partial charge in [0.15, 0.2) is 5.96 Å². The van der Waals surface area contributed by atoms with Gasteiger partial charge in [0.2, 0.25) is 0 Å². The lowest BCUT2D eigenvalue weighted by Gasteiger charge is -2.35. The summed E-state index contributed by atoms with van der Waals surface area (Å²) in [6.45, 7) is 1.82. The minimum Gasteiger partial charge on any atom is -0.508 e. The van der Waals surface area contributed by atoms with Crippen LogP contribution >= 0.6 is 24.0 Å². The number of hydrogen-bond acceptors (Lipinski definition) is 5. The van der Waals surface area contributed by atoms with Crippen molar-refractivity contribution in [3.8, 4) is 17.2 Å². The number of phenols is 1. The summed E-state index contributed by atoms with van der Waals surface area (Å²) in [6, 6.07) is 11.9. The van der Waals surface area contributed by atoms with Crippen molar-refractivity contribution < 1.29 is 23.4 Å². The molecule has 1 aliphatic rings. The van der Waals surface area contributed by atoms with E-state index < -0.39 is 6.61 Å². The third kappa shape index (κ3) is 8.09. The molecule has 1 saturated heterocycles. The van der Waals surface area contributed by atoms with E-state index in [1.54, 1.807) is 49.6 Å². The van der Waals surface area contributed by atoms with Crippen LogP contribution in [0.2, 0.25) is 0 Å². The van der Waals surface area contributed by atoms with Crippen LogP contribution in [-0.4, -0.2) is 50.5 Å². The van der Waals surface area contributed by atoms with Crippen LogP contribution in [0.3, 0.4) is 0 Å². The Labute approximate surface area is 210 Å². The first-order valence-electron chi connectivity index (χ1n) is 10.7. The van der Waals surface area contributed by atoms with Crippen LogP contribution in [0, 0.1) is 0 Å². The van der Waals surface area contributed by atoms with Crippen molar-refractivity contribution in [3.63, 3.8) is 0 Å². The Balaban J connectivity index is 0.00000385. The third-order valence-electron chi connectivity index (χ3n) is 5.23. The zero-order valence-corrected chi connectivity index (χ0v) is 21.1. The molecule has 0 saturated carbocycles. The number of phenolic OH excluding ortho intramolecular Hbond substituents is 1. The SMILES string of the molecule is CCNC(=NCc1cc(OC)ccc1O)NC1CCCN(c2ccc(OC(F)F)cc2)C1.I. The normalized spacial score (nSPS) is 16.2. The number of piperidine rings is 1. The van der Waals surface area contributed by atoms with Crippen molar-refractivity contribution in [2.75, 3.05) is 31.6 Å². The van der Waals surface area contributed by atoms with Gasteiger partial charge in [-0.25, -0.2) is 4.99 Å². The predicted octanol–water partition coefficient (Wildman–Crippen LogP) is 4.34. The molecule has 10 heteroatoms. The van der Waals surface area contributed by atoms with Crippen LogP contribution < -0.4 is 25.0 Å². The van der Waals surface area contributed by atoms with Gasteiger partial charge in [0.1, 0.15) is 17.2 Å². The number of ether oxygens (including phenoxy) is 2. The highest BCUT2D eigenvalue weighted by atomic mass is 127. The van der Waals surface area contributed by atoms with E-state index in [0.29, 0.717) is 30.4 Å². The van der Waals surface area contributed by atoms with E-state index in [9.17, 15) is 13.9 Å². The van der Waals surface area contributed by atoms with Crippen LogP contribution in [-0.2, 0) is 6.54 Å². The first kappa shape index (κ1) is 26.7. The molecule has 0 spiro atoms. The molecule has 1 atom stereocenters. The van der Waals surface area contributed by atoms with Gasteiger partial charge in [0, 0.05) is 36.9 Å². The zero-order valence-electron chi connectivity index (χ0n) is 18.8. The fourth-order valence-electron chi connectivity index (χ4n) is 3.66. The third-order valence-corrected chi connectivity index (χ3v) is 5.23. The number of rotatable bonds is 8. The molecule has 0 aliphatic carbocycles. The summed E-state index contributed by atoms with van der Waals surface area (Å²) in [7, 11) is 1.58. The first-order valence-corrected chi connectivity index (χ1v) is 10.7. The molecule has 2 aromatic carbocycles. The second-order valence-electron chi connectivity index (χ2n) is 7.49. The summed E-state index contributed by atoms with van der Waals surface area (Å²) in [5.74, 6) is 1.66. The highest BCUT2D eigenvalue weighted by Gasteiger charge is 2.21. The van der Waals surface area contributed by atoms with E-state index in [0.717, 1.165) is 31.6 Å². The topological polar surface area (TPSA) is 78.4 Å². The summed E-state index contributed by atoms with van der Waals surface area (Å²) in [5, 5.41) is 16.8. The number of alkyl halides is 2. The average Bonchev–Trinajstić information content (AvgIpc) is 2.79. The quantitative estimate of drug-likeness (QED) is 0.247. The van der Waals surface area contributed by atoms with Crippen LogP contribution in [0.25, 0.3) is 0 Å². The molecular formula is C23H31F2IN4O3. The van der Waals surface area contributed by atoms with Crippen LogP contribution in [0.4, 0.5) is 14.5 Å². The Morgan fingerprint density at radius 1 is 1.21 bits per heavy atom. The van der Waals surface area contributed by atoms with Crippen molar-refractivity contribution >= 4 is 35.6 Å². The smallest absolute Gasteiger partial charge is 0.387 e. The van der Waals surface area contributed by atoms with Gasteiger partial charge < -0.3 is 30.1 Å². The lowest BCUT2D eigenvalue weighted by atomic mass is 10.0. The zero-order chi connectivity index (χ0) is 22.9. The van der Waals surface area contributed by atoms with Crippen molar-refractivity contribution in [1.82, 2.24) is 10.6 Å². The van der Waals surface area contributed by atoms with Crippen LogP contribution in [0.15, 0.2) is 47.5 Å². The fourth-order valence-corrected chi connectivity index (χ4v) is 3.66.